The van der Waals surface area contributed by atoms with E-state index in [-0.39, 0.29) is 23.8 Å². The molecule has 1 aromatic rings. The molecule has 1 saturated carbocycles. The van der Waals surface area contributed by atoms with Crippen LogP contribution in [0.3, 0.4) is 0 Å². The van der Waals surface area contributed by atoms with Crippen molar-refractivity contribution in [2.24, 2.45) is 5.92 Å². The summed E-state index contributed by atoms with van der Waals surface area (Å²) in [6.45, 7) is -0.0902. The summed E-state index contributed by atoms with van der Waals surface area (Å²) < 4.78 is 28.8. The number of aliphatic hydroxyl groups is 1. The summed E-state index contributed by atoms with van der Waals surface area (Å²) in [6, 6.07) is 6.75. The van der Waals surface area contributed by atoms with Crippen LogP contribution in [0.25, 0.3) is 0 Å². The predicted molar refractivity (Wildman–Crippen MR) is 72.8 cm³/mol. The maximum Gasteiger partial charge on any atom is 0.387 e. The van der Waals surface area contributed by atoms with E-state index in [1.54, 1.807) is 12.1 Å². The zero-order valence-corrected chi connectivity index (χ0v) is 11.6. The van der Waals surface area contributed by atoms with E-state index in [0.717, 1.165) is 31.4 Å². The molecular weight excluding hydrogens is 264 g/mol. The molecule has 0 bridgehead atoms. The Balaban J connectivity index is 1.89. The van der Waals surface area contributed by atoms with Crippen LogP contribution in [0.15, 0.2) is 24.3 Å². The van der Waals surface area contributed by atoms with Crippen LogP contribution in [0.2, 0.25) is 0 Å². The van der Waals surface area contributed by atoms with Gasteiger partial charge in [-0.25, -0.2) is 0 Å². The van der Waals surface area contributed by atoms with Crippen molar-refractivity contribution in [2.45, 2.75) is 44.9 Å². The van der Waals surface area contributed by atoms with Gasteiger partial charge in [0.15, 0.2) is 0 Å². The molecule has 3 nitrogen and oxygen atoms in total. The van der Waals surface area contributed by atoms with Gasteiger partial charge < -0.3 is 15.2 Å². The van der Waals surface area contributed by atoms with Crippen LogP contribution in [0.1, 0.15) is 37.8 Å². The highest BCUT2D eigenvalue weighted by atomic mass is 19.3. The Morgan fingerprint density at radius 2 is 2.20 bits per heavy atom. The number of halogens is 2. The molecule has 0 saturated heterocycles. The molecule has 0 spiro atoms. The summed E-state index contributed by atoms with van der Waals surface area (Å²) >= 11 is 0. The lowest BCUT2D eigenvalue weighted by molar-refractivity contribution is -0.0499. The second-order valence-corrected chi connectivity index (χ2v) is 5.34. The maximum absolute atomic E-state index is 12.2. The lowest BCUT2D eigenvalue weighted by Crippen LogP contribution is -2.29. The van der Waals surface area contributed by atoms with Crippen LogP contribution in [-0.2, 0) is 0 Å². The third-order valence-corrected chi connectivity index (χ3v) is 3.89. The van der Waals surface area contributed by atoms with E-state index in [9.17, 15) is 13.9 Å². The van der Waals surface area contributed by atoms with Gasteiger partial charge in [-0.15, -0.1) is 0 Å². The third-order valence-electron chi connectivity index (χ3n) is 3.89. The molecule has 1 aliphatic rings. The minimum Gasteiger partial charge on any atom is -0.435 e. The summed E-state index contributed by atoms with van der Waals surface area (Å²) in [5.74, 6) is 0.463. The van der Waals surface area contributed by atoms with Crippen molar-refractivity contribution >= 4 is 0 Å². The van der Waals surface area contributed by atoms with Crippen molar-refractivity contribution in [1.82, 2.24) is 5.32 Å². The Morgan fingerprint density at radius 1 is 1.40 bits per heavy atom. The molecule has 0 amide bonds. The summed E-state index contributed by atoms with van der Waals surface area (Å²) in [4.78, 5) is 0. The average molecular weight is 285 g/mol. The normalized spacial score (nSPS) is 24.1. The first-order valence-corrected chi connectivity index (χ1v) is 7.02. The summed E-state index contributed by atoms with van der Waals surface area (Å²) in [5.41, 5.74) is 0.899. The Bertz CT molecular complexity index is 428. The van der Waals surface area contributed by atoms with E-state index >= 15 is 0 Å². The number of benzene rings is 1. The zero-order valence-electron chi connectivity index (χ0n) is 11.6. The number of hydrogen-bond acceptors (Lipinski definition) is 3. The molecule has 0 heterocycles. The first kappa shape index (κ1) is 15.2. The highest BCUT2D eigenvalue weighted by molar-refractivity contribution is 5.30. The molecule has 1 aliphatic carbocycles. The molecule has 112 valence electrons. The van der Waals surface area contributed by atoms with E-state index in [2.05, 4.69) is 10.1 Å². The van der Waals surface area contributed by atoms with Gasteiger partial charge in [-0.3, -0.25) is 0 Å². The minimum atomic E-state index is -2.80. The van der Waals surface area contributed by atoms with Crippen LogP contribution in [0, 0.1) is 5.92 Å². The maximum atomic E-state index is 12.2. The largest absolute Gasteiger partial charge is 0.435 e. The van der Waals surface area contributed by atoms with Crippen molar-refractivity contribution in [3.63, 3.8) is 0 Å². The molecule has 20 heavy (non-hydrogen) atoms. The van der Waals surface area contributed by atoms with Gasteiger partial charge in [-0.1, -0.05) is 18.6 Å². The number of aliphatic hydroxyl groups excluding tert-OH is 1. The van der Waals surface area contributed by atoms with Crippen LogP contribution in [0.5, 0.6) is 5.75 Å². The van der Waals surface area contributed by atoms with Crippen LogP contribution >= 0.6 is 0 Å². The fraction of sp³-hybridized carbons (Fsp3) is 0.600. The van der Waals surface area contributed by atoms with Crippen molar-refractivity contribution in [1.29, 1.82) is 0 Å². The topological polar surface area (TPSA) is 41.5 Å². The van der Waals surface area contributed by atoms with E-state index in [1.807, 2.05) is 13.0 Å². The molecule has 0 aliphatic heterocycles. The second-order valence-electron chi connectivity index (χ2n) is 5.34. The molecule has 3 atom stereocenters. The quantitative estimate of drug-likeness (QED) is 0.844. The number of hydrogen-bond donors (Lipinski definition) is 2. The SMILES string of the molecule is CC(NCC1CCCC1O)c1cccc(OC(F)F)c1. The molecule has 3 unspecified atom stereocenters. The van der Waals surface area contributed by atoms with Gasteiger partial charge in [0.2, 0.25) is 0 Å². The van der Waals surface area contributed by atoms with Crippen molar-refractivity contribution in [2.75, 3.05) is 6.54 Å². The van der Waals surface area contributed by atoms with E-state index < -0.39 is 6.61 Å². The number of nitrogens with one attached hydrogen (secondary N) is 1. The van der Waals surface area contributed by atoms with E-state index in [4.69, 9.17) is 0 Å². The number of alkyl halides is 2. The molecule has 2 N–H and O–H groups in total. The van der Waals surface area contributed by atoms with Crippen molar-refractivity contribution < 1.29 is 18.6 Å². The molecule has 5 heteroatoms. The second kappa shape index (κ2) is 6.99. The lowest BCUT2D eigenvalue weighted by Gasteiger charge is -2.20. The van der Waals surface area contributed by atoms with Crippen molar-refractivity contribution in [3.8, 4) is 5.75 Å². The van der Waals surface area contributed by atoms with Gasteiger partial charge in [-0.05, 0) is 43.4 Å². The molecule has 1 aromatic carbocycles. The number of ether oxygens (including phenoxy) is 1. The molecule has 0 aromatic heterocycles. The van der Waals surface area contributed by atoms with Gasteiger partial charge in [0.05, 0.1) is 6.10 Å². The fourth-order valence-electron chi connectivity index (χ4n) is 2.66. The summed E-state index contributed by atoms with van der Waals surface area (Å²) in [5, 5.41) is 13.1. The van der Waals surface area contributed by atoms with Crippen LogP contribution in [0.4, 0.5) is 8.78 Å². The van der Waals surface area contributed by atoms with Crippen LogP contribution < -0.4 is 10.1 Å². The van der Waals surface area contributed by atoms with Crippen LogP contribution in [-0.4, -0.2) is 24.4 Å². The first-order valence-electron chi connectivity index (χ1n) is 7.02. The fourth-order valence-corrected chi connectivity index (χ4v) is 2.66. The first-order chi connectivity index (χ1) is 9.56. The van der Waals surface area contributed by atoms with Gasteiger partial charge in [-0.2, -0.15) is 8.78 Å². The highest BCUT2D eigenvalue weighted by Crippen LogP contribution is 2.26. The highest BCUT2D eigenvalue weighted by Gasteiger charge is 2.25. The van der Waals surface area contributed by atoms with Gasteiger partial charge >= 0.3 is 6.61 Å². The monoisotopic (exact) mass is 285 g/mol. The smallest absolute Gasteiger partial charge is 0.387 e. The summed E-state index contributed by atoms with van der Waals surface area (Å²) in [7, 11) is 0. The molecular formula is C15H21F2NO2. The third kappa shape index (κ3) is 4.15. The van der Waals surface area contributed by atoms with E-state index in [0.29, 0.717) is 0 Å². The summed E-state index contributed by atoms with van der Waals surface area (Å²) in [6.07, 6.45) is 2.76. The van der Waals surface area contributed by atoms with E-state index in [1.165, 1.54) is 6.07 Å². The Kier molecular flexibility index (Phi) is 5.31. The van der Waals surface area contributed by atoms with Gasteiger partial charge in [0.25, 0.3) is 0 Å². The average Bonchev–Trinajstić information content (AvgIpc) is 2.81. The molecule has 1 fully saturated rings. The standard InChI is InChI=1S/C15H21F2NO2/c1-10(18-9-12-5-3-7-14(12)19)11-4-2-6-13(8-11)20-15(16)17/h2,4,6,8,10,12,14-15,18-19H,3,5,7,9H2,1H3. The Hall–Kier alpha value is -1.20. The van der Waals surface area contributed by atoms with Gasteiger partial charge in [0, 0.05) is 12.6 Å². The Labute approximate surface area is 117 Å². The minimum absolute atomic E-state index is 0.0315. The number of rotatable bonds is 6. The molecule has 2 rings (SSSR count). The molecule has 0 radical (unpaired) electrons. The van der Waals surface area contributed by atoms with Crippen molar-refractivity contribution in [3.05, 3.63) is 29.8 Å². The zero-order chi connectivity index (χ0) is 14.5. The lowest BCUT2D eigenvalue weighted by atomic mass is 10.0. The van der Waals surface area contributed by atoms with Gasteiger partial charge in [0.1, 0.15) is 5.75 Å². The Morgan fingerprint density at radius 3 is 2.85 bits per heavy atom. The predicted octanol–water partition coefficient (Wildman–Crippen LogP) is 3.10.